The van der Waals surface area contributed by atoms with Gasteiger partial charge in [-0.05, 0) is 89.7 Å². The second-order valence-corrected chi connectivity index (χ2v) is 9.62. The third kappa shape index (κ3) is 4.53. The molecular weight excluding hydrogens is 394 g/mol. The van der Waals surface area contributed by atoms with Crippen LogP contribution in [-0.2, 0) is 14.1 Å². The van der Waals surface area contributed by atoms with Gasteiger partial charge in [0, 0.05) is 11.9 Å². The highest BCUT2D eigenvalue weighted by Gasteiger charge is 2.52. The number of amides is 1. The van der Waals surface area contributed by atoms with Gasteiger partial charge in [-0.25, -0.2) is 4.39 Å². The zero-order chi connectivity index (χ0) is 23.0. The number of rotatable bonds is 6. The number of anilines is 1. The van der Waals surface area contributed by atoms with E-state index in [2.05, 4.69) is 11.9 Å². The number of carbonyl (C=O) groups excluding carboxylic acids is 1. The van der Waals surface area contributed by atoms with Crippen molar-refractivity contribution in [2.45, 2.75) is 72.0 Å². The van der Waals surface area contributed by atoms with Crippen molar-refractivity contribution < 1.29 is 18.5 Å². The van der Waals surface area contributed by atoms with Crippen LogP contribution < -0.4 is 5.32 Å². The zero-order valence-electron chi connectivity index (χ0n) is 19.3. The minimum atomic E-state index is -0.743. The first-order valence-electron chi connectivity index (χ1n) is 10.7. The van der Waals surface area contributed by atoms with Gasteiger partial charge in [0.05, 0.1) is 22.3 Å². The summed E-state index contributed by atoms with van der Waals surface area (Å²) in [6, 6.07) is 5.76. The highest BCUT2D eigenvalue weighted by Crippen LogP contribution is 2.45. The molecular formula is C24H32BFN2O3. The molecule has 1 aromatic rings. The van der Waals surface area contributed by atoms with Gasteiger partial charge in [0.25, 0.3) is 0 Å². The van der Waals surface area contributed by atoms with Gasteiger partial charge >= 0.3 is 7.12 Å². The Hall–Kier alpha value is -2.25. The van der Waals surface area contributed by atoms with Crippen LogP contribution in [0.15, 0.2) is 53.1 Å². The van der Waals surface area contributed by atoms with Crippen molar-refractivity contribution in [2.24, 2.45) is 10.4 Å². The van der Waals surface area contributed by atoms with E-state index in [4.69, 9.17) is 14.3 Å². The molecule has 0 atom stereocenters. The first-order valence-corrected chi connectivity index (χ1v) is 10.7. The first-order chi connectivity index (χ1) is 14.4. The summed E-state index contributed by atoms with van der Waals surface area (Å²) in [5.41, 5.74) is 1.18. The summed E-state index contributed by atoms with van der Waals surface area (Å²) < 4.78 is 25.4. The Morgan fingerprint density at radius 1 is 1.13 bits per heavy atom. The third-order valence-electron chi connectivity index (χ3n) is 6.62. The van der Waals surface area contributed by atoms with Gasteiger partial charge < -0.3 is 14.6 Å². The lowest BCUT2D eigenvalue weighted by molar-refractivity contribution is -0.125. The van der Waals surface area contributed by atoms with Gasteiger partial charge in [0.1, 0.15) is 5.82 Å². The number of halogens is 1. The molecule has 3 rings (SSSR count). The molecule has 5 nitrogen and oxygen atoms in total. The van der Waals surface area contributed by atoms with Crippen LogP contribution in [0.1, 0.15) is 60.8 Å². The van der Waals surface area contributed by atoms with E-state index >= 15 is 0 Å². The molecule has 1 amide bonds. The molecule has 0 radical (unpaired) electrons. The van der Waals surface area contributed by atoms with E-state index in [9.17, 15) is 9.18 Å². The molecule has 0 bridgehead atoms. The number of hydrogen-bond donors (Lipinski definition) is 1. The lowest BCUT2D eigenvalue weighted by Gasteiger charge is -2.41. The van der Waals surface area contributed by atoms with Crippen molar-refractivity contribution in [1.82, 2.24) is 0 Å². The average Bonchev–Trinajstić information content (AvgIpc) is 2.86. The SMILES string of the molecule is C=C(C)C(=N/C=C(\C)B1OC(C)(C)C(C)(C)O1)C1(C(=O)Nc2ccc(F)cc2)CCC1. The van der Waals surface area contributed by atoms with Crippen molar-refractivity contribution >= 4 is 24.4 Å². The van der Waals surface area contributed by atoms with E-state index < -0.39 is 23.7 Å². The number of benzene rings is 1. The first kappa shape index (κ1) is 23.4. The minimum Gasteiger partial charge on any atom is -0.400 e. The van der Waals surface area contributed by atoms with Crippen LogP contribution in [0.3, 0.4) is 0 Å². The maximum atomic E-state index is 13.2. The Labute approximate surface area is 185 Å². The molecule has 1 aliphatic carbocycles. The van der Waals surface area contributed by atoms with E-state index in [1.165, 1.54) is 12.1 Å². The Bertz CT molecular complexity index is 915. The summed E-state index contributed by atoms with van der Waals surface area (Å²) in [6.07, 6.45) is 4.03. The van der Waals surface area contributed by atoms with E-state index in [0.717, 1.165) is 17.5 Å². The van der Waals surface area contributed by atoms with Crippen molar-refractivity contribution in [2.75, 3.05) is 5.32 Å². The summed E-state index contributed by atoms with van der Waals surface area (Å²) in [4.78, 5) is 17.9. The Morgan fingerprint density at radius 3 is 2.13 bits per heavy atom. The maximum Gasteiger partial charge on any atom is 0.491 e. The molecule has 7 heteroatoms. The van der Waals surface area contributed by atoms with E-state index in [1.54, 1.807) is 18.3 Å². The molecule has 0 unspecified atom stereocenters. The monoisotopic (exact) mass is 426 g/mol. The van der Waals surface area contributed by atoms with Gasteiger partial charge in [-0.1, -0.05) is 13.0 Å². The fraction of sp³-hybridized carbons (Fsp3) is 0.500. The Kier molecular flexibility index (Phi) is 6.31. The highest BCUT2D eigenvalue weighted by molar-refractivity contribution is 6.54. The molecule has 1 N–H and O–H groups in total. The van der Waals surface area contributed by atoms with Crippen LogP contribution in [-0.4, -0.2) is 29.9 Å². The summed E-state index contributed by atoms with van der Waals surface area (Å²) in [7, 11) is -0.495. The van der Waals surface area contributed by atoms with Crippen LogP contribution in [0.2, 0.25) is 0 Å². The van der Waals surface area contributed by atoms with Crippen LogP contribution in [0.25, 0.3) is 0 Å². The number of carbonyl (C=O) groups is 1. The van der Waals surface area contributed by atoms with Gasteiger partial charge in [0.15, 0.2) is 0 Å². The molecule has 1 aromatic carbocycles. The largest absolute Gasteiger partial charge is 0.491 e. The molecule has 1 heterocycles. The summed E-state index contributed by atoms with van der Waals surface area (Å²) >= 11 is 0. The van der Waals surface area contributed by atoms with Crippen molar-refractivity contribution in [3.05, 3.63) is 53.9 Å². The van der Waals surface area contributed by atoms with E-state index in [-0.39, 0.29) is 11.7 Å². The molecule has 1 aliphatic heterocycles. The van der Waals surface area contributed by atoms with E-state index in [1.807, 2.05) is 41.5 Å². The molecule has 0 aromatic heterocycles. The van der Waals surface area contributed by atoms with Gasteiger partial charge in [-0.3, -0.25) is 9.79 Å². The molecule has 0 spiro atoms. The number of allylic oxidation sites excluding steroid dienone is 2. The van der Waals surface area contributed by atoms with Crippen LogP contribution in [0, 0.1) is 11.2 Å². The Balaban J connectivity index is 1.85. The normalized spacial score (nSPS) is 22.1. The second-order valence-electron chi connectivity index (χ2n) is 9.62. The van der Waals surface area contributed by atoms with Crippen molar-refractivity contribution in [3.63, 3.8) is 0 Å². The number of nitrogens with one attached hydrogen (secondary N) is 1. The van der Waals surface area contributed by atoms with Crippen LogP contribution in [0.4, 0.5) is 10.1 Å². The standard InChI is InChI=1S/C24H32BFN2O3/c1-16(2)20(27-15-17(3)25-30-22(4,5)23(6,7)31-25)24(13-8-14-24)21(29)28-19-11-9-18(26)10-12-19/h9-12,15H,1,8,13-14H2,2-7H3,(H,28,29)/b17-15+,27-20?. The van der Waals surface area contributed by atoms with Gasteiger partial charge in [-0.15, -0.1) is 0 Å². The van der Waals surface area contributed by atoms with Gasteiger partial charge in [0.2, 0.25) is 5.91 Å². The summed E-state index contributed by atoms with van der Waals surface area (Å²) in [5, 5.41) is 2.91. The average molecular weight is 426 g/mol. The molecule has 166 valence electrons. The summed E-state index contributed by atoms with van der Waals surface area (Å²) in [5.74, 6) is -0.488. The predicted octanol–water partition coefficient (Wildman–Crippen LogP) is 5.49. The van der Waals surface area contributed by atoms with E-state index in [0.29, 0.717) is 24.2 Å². The molecule has 2 aliphatic rings. The summed E-state index contributed by atoms with van der Waals surface area (Å²) in [6.45, 7) is 15.9. The van der Waals surface area contributed by atoms with Crippen LogP contribution >= 0.6 is 0 Å². The molecule has 2 fully saturated rings. The van der Waals surface area contributed by atoms with Gasteiger partial charge in [-0.2, -0.15) is 0 Å². The highest BCUT2D eigenvalue weighted by atomic mass is 19.1. The topological polar surface area (TPSA) is 59.9 Å². The molecule has 31 heavy (non-hydrogen) atoms. The number of aliphatic imine (C=N–C) groups is 1. The number of hydrogen-bond acceptors (Lipinski definition) is 4. The fourth-order valence-electron chi connectivity index (χ4n) is 3.78. The number of nitrogens with zero attached hydrogens (tertiary/aromatic N) is 1. The quantitative estimate of drug-likeness (QED) is 0.484. The lowest BCUT2D eigenvalue weighted by Crippen LogP contribution is -2.48. The predicted molar refractivity (Wildman–Crippen MR) is 123 cm³/mol. The smallest absolute Gasteiger partial charge is 0.400 e. The lowest BCUT2D eigenvalue weighted by atomic mass is 9.63. The minimum absolute atomic E-state index is 0.145. The zero-order valence-corrected chi connectivity index (χ0v) is 19.3. The second kappa shape index (κ2) is 8.36. The third-order valence-corrected chi connectivity index (χ3v) is 6.62. The fourth-order valence-corrected chi connectivity index (χ4v) is 3.78. The molecule has 1 saturated carbocycles. The molecule has 1 saturated heterocycles. The Morgan fingerprint density at radius 2 is 1.68 bits per heavy atom. The van der Waals surface area contributed by atoms with Crippen LogP contribution in [0.5, 0.6) is 0 Å². The van der Waals surface area contributed by atoms with Crippen molar-refractivity contribution in [3.8, 4) is 0 Å². The van der Waals surface area contributed by atoms with Crippen molar-refractivity contribution in [1.29, 1.82) is 0 Å². The maximum absolute atomic E-state index is 13.2.